The molecule has 0 saturated carbocycles. The number of rotatable bonds is 4. The Kier molecular flexibility index (Phi) is 4.50. The highest BCUT2D eigenvalue weighted by atomic mass is 19.1. The number of aliphatic hydroxyl groups is 1. The van der Waals surface area contributed by atoms with Crippen LogP contribution >= 0.6 is 0 Å². The molecule has 19 heavy (non-hydrogen) atoms. The fraction of sp³-hybridized carbons (Fsp3) is 0.250. The highest BCUT2D eigenvalue weighted by Crippen LogP contribution is 2.18. The molecular formula is C16H16F2O. The molecule has 0 radical (unpaired) electrons. The molecule has 0 atom stereocenters. The molecule has 0 aliphatic heterocycles. The summed E-state index contributed by atoms with van der Waals surface area (Å²) in [6, 6.07) is 6.35. The minimum absolute atomic E-state index is 0.244. The molecule has 0 amide bonds. The Morgan fingerprint density at radius 3 is 2.37 bits per heavy atom. The topological polar surface area (TPSA) is 20.2 Å². The Hall–Kier alpha value is -1.90. The molecule has 1 aromatic rings. The molecule has 1 aliphatic carbocycles. The number of alkyl halides is 1. The van der Waals surface area contributed by atoms with Gasteiger partial charge in [-0.3, -0.25) is 0 Å². The Morgan fingerprint density at radius 1 is 1.11 bits per heavy atom. The van der Waals surface area contributed by atoms with Gasteiger partial charge in [0.05, 0.1) is 5.76 Å². The van der Waals surface area contributed by atoms with Crippen molar-refractivity contribution in [1.29, 1.82) is 0 Å². The molecule has 0 unspecified atom stereocenters. The summed E-state index contributed by atoms with van der Waals surface area (Å²) in [6.45, 7) is 0. The van der Waals surface area contributed by atoms with Gasteiger partial charge in [0, 0.05) is 12.0 Å². The van der Waals surface area contributed by atoms with E-state index in [9.17, 15) is 13.9 Å². The van der Waals surface area contributed by atoms with Crippen LogP contribution in [0.15, 0.2) is 59.9 Å². The number of halogens is 2. The molecule has 2 rings (SSSR count). The lowest BCUT2D eigenvalue weighted by molar-refractivity contribution is 0.380. The molecule has 1 aromatic carbocycles. The van der Waals surface area contributed by atoms with Gasteiger partial charge in [0.15, 0.2) is 0 Å². The zero-order chi connectivity index (χ0) is 13.7. The monoisotopic (exact) mass is 262 g/mol. The molecule has 0 fully saturated rings. The number of allylic oxidation sites excluding steroid dienone is 6. The molecule has 1 N–H and O–H groups in total. The first kappa shape index (κ1) is 13.5. The van der Waals surface area contributed by atoms with Gasteiger partial charge in [-0.1, -0.05) is 24.3 Å². The Balaban J connectivity index is 1.86. The molecule has 0 aromatic heterocycles. The smallest absolute Gasteiger partial charge is 0.137 e. The second kappa shape index (κ2) is 6.32. The van der Waals surface area contributed by atoms with Gasteiger partial charge >= 0.3 is 0 Å². The summed E-state index contributed by atoms with van der Waals surface area (Å²) in [5.41, 5.74) is 1.70. The summed E-state index contributed by atoms with van der Waals surface area (Å²) >= 11 is 0. The van der Waals surface area contributed by atoms with Gasteiger partial charge in [-0.25, -0.2) is 8.78 Å². The van der Waals surface area contributed by atoms with E-state index in [1.165, 1.54) is 24.3 Å². The average molecular weight is 262 g/mol. The predicted molar refractivity (Wildman–Crippen MR) is 72.2 cm³/mol. The second-order valence-electron chi connectivity index (χ2n) is 4.54. The molecule has 100 valence electrons. The predicted octanol–water partition coefficient (Wildman–Crippen LogP) is 4.42. The Labute approximate surface area is 111 Å². The summed E-state index contributed by atoms with van der Waals surface area (Å²) in [6.07, 6.45) is 7.01. The number of aryl methyl sites for hydroxylation is 1. The van der Waals surface area contributed by atoms with Gasteiger partial charge in [0.2, 0.25) is 0 Å². The maximum atomic E-state index is 12.8. The van der Waals surface area contributed by atoms with Crippen LogP contribution in [-0.2, 0) is 6.42 Å². The molecule has 0 saturated heterocycles. The van der Waals surface area contributed by atoms with Crippen molar-refractivity contribution in [3.8, 4) is 0 Å². The number of hydrogen-bond donors (Lipinski definition) is 1. The van der Waals surface area contributed by atoms with Gasteiger partial charge in [0.1, 0.15) is 12.0 Å². The van der Waals surface area contributed by atoms with E-state index in [-0.39, 0.29) is 11.6 Å². The summed E-state index contributed by atoms with van der Waals surface area (Å²) < 4.78 is 25.5. The van der Waals surface area contributed by atoms with Crippen LogP contribution in [0.1, 0.15) is 18.4 Å². The fourth-order valence-electron chi connectivity index (χ4n) is 1.96. The minimum Gasteiger partial charge on any atom is -0.512 e. The van der Waals surface area contributed by atoms with Crippen molar-refractivity contribution >= 4 is 0 Å². The lowest BCUT2D eigenvalue weighted by Gasteiger charge is -2.08. The number of benzene rings is 1. The van der Waals surface area contributed by atoms with E-state index in [0.717, 1.165) is 18.4 Å². The zero-order valence-corrected chi connectivity index (χ0v) is 10.5. The lowest BCUT2D eigenvalue weighted by Crippen LogP contribution is -1.97. The highest BCUT2D eigenvalue weighted by Gasteiger charge is 2.06. The first-order valence-electron chi connectivity index (χ1n) is 6.32. The van der Waals surface area contributed by atoms with Crippen LogP contribution in [0, 0.1) is 5.82 Å². The number of hydrogen-bond acceptors (Lipinski definition) is 1. The molecular weight excluding hydrogens is 246 g/mol. The maximum Gasteiger partial charge on any atom is 0.137 e. The highest BCUT2D eigenvalue weighted by molar-refractivity contribution is 5.38. The molecule has 0 heterocycles. The van der Waals surface area contributed by atoms with Crippen molar-refractivity contribution < 1.29 is 13.9 Å². The van der Waals surface area contributed by atoms with Gasteiger partial charge in [0.25, 0.3) is 0 Å². The van der Waals surface area contributed by atoms with Crippen LogP contribution in [-0.4, -0.2) is 11.3 Å². The van der Waals surface area contributed by atoms with E-state index in [1.807, 2.05) is 0 Å². The van der Waals surface area contributed by atoms with Gasteiger partial charge in [-0.2, -0.15) is 0 Å². The normalized spacial score (nSPS) is 17.8. The molecule has 0 spiro atoms. The summed E-state index contributed by atoms with van der Waals surface area (Å²) in [5.74, 6) is 0.0217. The van der Waals surface area contributed by atoms with Crippen LogP contribution in [0.5, 0.6) is 0 Å². The quantitative estimate of drug-likeness (QED) is 0.796. The third-order valence-electron chi connectivity index (χ3n) is 3.04. The van der Waals surface area contributed by atoms with Crippen LogP contribution in [0.3, 0.4) is 0 Å². The van der Waals surface area contributed by atoms with Crippen molar-refractivity contribution in [2.75, 3.05) is 0 Å². The SMILES string of the molecule is OC(CCCc1ccc(F)cc1)=C1C=CC(F)C=C1. The molecule has 3 heteroatoms. The lowest BCUT2D eigenvalue weighted by atomic mass is 10.0. The van der Waals surface area contributed by atoms with Crippen molar-refractivity contribution in [3.05, 3.63) is 71.3 Å². The third kappa shape index (κ3) is 4.05. The fourth-order valence-corrected chi connectivity index (χ4v) is 1.96. The van der Waals surface area contributed by atoms with Crippen LogP contribution in [0.25, 0.3) is 0 Å². The van der Waals surface area contributed by atoms with Gasteiger partial charge < -0.3 is 5.11 Å². The molecule has 0 bridgehead atoms. The first-order valence-corrected chi connectivity index (χ1v) is 6.32. The molecule has 1 nitrogen and oxygen atoms in total. The van der Waals surface area contributed by atoms with Crippen LogP contribution < -0.4 is 0 Å². The van der Waals surface area contributed by atoms with E-state index in [0.29, 0.717) is 12.0 Å². The Morgan fingerprint density at radius 2 is 1.74 bits per heavy atom. The summed E-state index contributed by atoms with van der Waals surface area (Å²) in [4.78, 5) is 0. The standard InChI is InChI=1S/C16H16F2O/c17-14-8-4-12(5-9-14)2-1-3-16(19)13-6-10-15(18)11-7-13/h4-11,15,19H,1-3H2. The van der Waals surface area contributed by atoms with Crippen molar-refractivity contribution in [3.63, 3.8) is 0 Å². The first-order chi connectivity index (χ1) is 9.15. The van der Waals surface area contributed by atoms with Gasteiger partial charge in [-0.05, 0) is 42.7 Å². The van der Waals surface area contributed by atoms with E-state index < -0.39 is 6.17 Å². The van der Waals surface area contributed by atoms with Crippen molar-refractivity contribution in [1.82, 2.24) is 0 Å². The van der Waals surface area contributed by atoms with Gasteiger partial charge in [-0.15, -0.1) is 0 Å². The Bertz CT molecular complexity index is 496. The van der Waals surface area contributed by atoms with E-state index in [2.05, 4.69) is 0 Å². The van der Waals surface area contributed by atoms with E-state index >= 15 is 0 Å². The number of aliphatic hydroxyl groups excluding tert-OH is 1. The minimum atomic E-state index is -1.06. The third-order valence-corrected chi connectivity index (χ3v) is 3.04. The van der Waals surface area contributed by atoms with Crippen molar-refractivity contribution in [2.24, 2.45) is 0 Å². The summed E-state index contributed by atoms with van der Waals surface area (Å²) in [7, 11) is 0. The largest absolute Gasteiger partial charge is 0.512 e. The van der Waals surface area contributed by atoms with E-state index in [1.54, 1.807) is 24.3 Å². The van der Waals surface area contributed by atoms with Crippen molar-refractivity contribution in [2.45, 2.75) is 25.4 Å². The van der Waals surface area contributed by atoms with Crippen LogP contribution in [0.4, 0.5) is 8.78 Å². The molecule has 1 aliphatic rings. The average Bonchev–Trinajstić information content (AvgIpc) is 2.41. The van der Waals surface area contributed by atoms with E-state index in [4.69, 9.17) is 0 Å². The summed E-state index contributed by atoms with van der Waals surface area (Å²) in [5, 5.41) is 9.88. The maximum absolute atomic E-state index is 12.8. The van der Waals surface area contributed by atoms with Crippen LogP contribution in [0.2, 0.25) is 0 Å². The zero-order valence-electron chi connectivity index (χ0n) is 10.5. The second-order valence-corrected chi connectivity index (χ2v) is 4.54.